The van der Waals surface area contributed by atoms with Gasteiger partial charge in [0.05, 0.1) is 21.3 Å². The lowest BCUT2D eigenvalue weighted by Gasteiger charge is -2.12. The van der Waals surface area contributed by atoms with Crippen LogP contribution in [0.15, 0.2) is 18.2 Å². The number of carbonyl (C=O) groups excluding carboxylic acids is 1. The summed E-state index contributed by atoms with van der Waals surface area (Å²) in [7, 11) is 4.67. The standard InChI is InChI=1S/C15H19NO4/c1-18-12-8-10(9-13(19-2)15(12)20-3)4-7-14(17)16-11-5-6-11/h4,7-9,11H,5-6H2,1-3H3,(H,16,17). The summed E-state index contributed by atoms with van der Waals surface area (Å²) in [4.78, 5) is 11.6. The van der Waals surface area contributed by atoms with Gasteiger partial charge in [0.1, 0.15) is 0 Å². The zero-order valence-corrected chi connectivity index (χ0v) is 11.9. The van der Waals surface area contributed by atoms with Crippen LogP contribution < -0.4 is 19.5 Å². The Kier molecular flexibility index (Phi) is 4.50. The average Bonchev–Trinajstić information content (AvgIpc) is 3.27. The minimum absolute atomic E-state index is 0.0822. The Bertz CT molecular complexity index is 496. The Hall–Kier alpha value is -2.17. The molecule has 0 atom stereocenters. The van der Waals surface area contributed by atoms with Crippen LogP contribution in [0.25, 0.3) is 6.08 Å². The molecule has 1 amide bonds. The second kappa shape index (κ2) is 6.32. The van der Waals surface area contributed by atoms with Gasteiger partial charge in [-0.15, -0.1) is 0 Å². The van der Waals surface area contributed by atoms with Gasteiger partial charge in [-0.05, 0) is 36.6 Å². The van der Waals surface area contributed by atoms with Gasteiger partial charge >= 0.3 is 0 Å². The minimum Gasteiger partial charge on any atom is -0.493 e. The van der Waals surface area contributed by atoms with E-state index in [0.717, 1.165) is 18.4 Å². The van der Waals surface area contributed by atoms with Gasteiger partial charge in [0.25, 0.3) is 0 Å². The molecular weight excluding hydrogens is 258 g/mol. The van der Waals surface area contributed by atoms with Crippen LogP contribution in [0.4, 0.5) is 0 Å². The first-order valence-corrected chi connectivity index (χ1v) is 6.46. The Labute approximate surface area is 118 Å². The van der Waals surface area contributed by atoms with Crippen molar-refractivity contribution in [2.45, 2.75) is 18.9 Å². The monoisotopic (exact) mass is 277 g/mol. The number of hydrogen-bond acceptors (Lipinski definition) is 4. The first-order valence-electron chi connectivity index (χ1n) is 6.46. The molecule has 1 aromatic carbocycles. The zero-order chi connectivity index (χ0) is 14.5. The molecule has 5 heteroatoms. The van der Waals surface area contributed by atoms with E-state index in [2.05, 4.69) is 5.32 Å². The largest absolute Gasteiger partial charge is 0.493 e. The van der Waals surface area contributed by atoms with E-state index in [1.54, 1.807) is 39.5 Å². The van der Waals surface area contributed by atoms with Crippen molar-refractivity contribution < 1.29 is 19.0 Å². The second-order valence-corrected chi connectivity index (χ2v) is 4.57. The molecule has 0 aromatic heterocycles. The van der Waals surface area contributed by atoms with Gasteiger partial charge in [-0.2, -0.15) is 0 Å². The zero-order valence-electron chi connectivity index (χ0n) is 11.9. The van der Waals surface area contributed by atoms with Gasteiger partial charge in [-0.25, -0.2) is 0 Å². The molecule has 108 valence electrons. The molecule has 0 unspecified atom stereocenters. The molecule has 1 N–H and O–H groups in total. The first-order chi connectivity index (χ1) is 9.67. The molecule has 5 nitrogen and oxygen atoms in total. The van der Waals surface area contributed by atoms with Crippen molar-refractivity contribution in [2.75, 3.05) is 21.3 Å². The number of rotatable bonds is 6. The fourth-order valence-corrected chi connectivity index (χ4v) is 1.85. The van der Waals surface area contributed by atoms with Gasteiger partial charge in [-0.1, -0.05) is 0 Å². The number of benzene rings is 1. The summed E-state index contributed by atoms with van der Waals surface area (Å²) in [5.41, 5.74) is 0.811. The number of methoxy groups -OCH3 is 3. The molecule has 1 aliphatic carbocycles. The molecule has 0 heterocycles. The highest BCUT2D eigenvalue weighted by atomic mass is 16.5. The van der Waals surface area contributed by atoms with E-state index < -0.39 is 0 Å². The number of hydrogen-bond donors (Lipinski definition) is 1. The molecule has 0 saturated heterocycles. The van der Waals surface area contributed by atoms with E-state index in [0.29, 0.717) is 23.3 Å². The molecule has 0 aliphatic heterocycles. The predicted octanol–water partition coefficient (Wildman–Crippen LogP) is 2.00. The van der Waals surface area contributed by atoms with Crippen LogP contribution in [0.3, 0.4) is 0 Å². The van der Waals surface area contributed by atoms with Gasteiger partial charge in [-0.3, -0.25) is 4.79 Å². The van der Waals surface area contributed by atoms with Gasteiger partial charge in [0.15, 0.2) is 11.5 Å². The average molecular weight is 277 g/mol. The van der Waals surface area contributed by atoms with E-state index in [-0.39, 0.29) is 5.91 Å². The van der Waals surface area contributed by atoms with Crippen LogP contribution in [-0.4, -0.2) is 33.3 Å². The highest BCUT2D eigenvalue weighted by Gasteiger charge is 2.22. The van der Waals surface area contributed by atoms with Crippen molar-refractivity contribution >= 4 is 12.0 Å². The highest BCUT2D eigenvalue weighted by molar-refractivity contribution is 5.92. The minimum atomic E-state index is -0.0822. The molecule has 20 heavy (non-hydrogen) atoms. The molecule has 1 fully saturated rings. The molecule has 2 rings (SSSR count). The van der Waals surface area contributed by atoms with E-state index >= 15 is 0 Å². The van der Waals surface area contributed by atoms with Crippen molar-refractivity contribution in [3.05, 3.63) is 23.8 Å². The lowest BCUT2D eigenvalue weighted by molar-refractivity contribution is -0.116. The fraction of sp³-hybridized carbons (Fsp3) is 0.400. The molecule has 0 bridgehead atoms. The molecule has 1 aromatic rings. The number of carbonyl (C=O) groups is 1. The van der Waals surface area contributed by atoms with Crippen LogP contribution in [-0.2, 0) is 4.79 Å². The normalized spacial score (nSPS) is 14.2. The van der Waals surface area contributed by atoms with E-state index in [1.165, 1.54) is 6.08 Å². The maximum absolute atomic E-state index is 11.6. The smallest absolute Gasteiger partial charge is 0.244 e. The van der Waals surface area contributed by atoms with E-state index in [9.17, 15) is 4.79 Å². The van der Waals surface area contributed by atoms with Crippen LogP contribution in [0.2, 0.25) is 0 Å². The summed E-state index contributed by atoms with van der Waals surface area (Å²) in [6.45, 7) is 0. The topological polar surface area (TPSA) is 56.8 Å². The van der Waals surface area contributed by atoms with Crippen molar-refractivity contribution in [1.29, 1.82) is 0 Å². The highest BCUT2D eigenvalue weighted by Crippen LogP contribution is 2.38. The summed E-state index contributed by atoms with van der Waals surface area (Å²) < 4.78 is 15.8. The van der Waals surface area contributed by atoms with Gasteiger partial charge in [0.2, 0.25) is 11.7 Å². The molecular formula is C15H19NO4. The quantitative estimate of drug-likeness (QED) is 0.808. The Morgan fingerprint density at radius 3 is 2.20 bits per heavy atom. The lowest BCUT2D eigenvalue weighted by atomic mass is 10.1. The van der Waals surface area contributed by atoms with Crippen LogP contribution in [0, 0.1) is 0 Å². The molecule has 0 radical (unpaired) electrons. The summed E-state index contributed by atoms with van der Waals surface area (Å²) in [5, 5.41) is 2.89. The first kappa shape index (κ1) is 14.2. The van der Waals surface area contributed by atoms with Crippen LogP contribution in [0.5, 0.6) is 17.2 Å². The molecule has 1 aliphatic rings. The Morgan fingerprint density at radius 1 is 1.15 bits per heavy atom. The van der Waals surface area contributed by atoms with Crippen molar-refractivity contribution in [1.82, 2.24) is 5.32 Å². The predicted molar refractivity (Wildman–Crippen MR) is 76.3 cm³/mol. The summed E-state index contributed by atoms with van der Waals surface area (Å²) in [5.74, 6) is 1.58. The fourth-order valence-electron chi connectivity index (χ4n) is 1.85. The van der Waals surface area contributed by atoms with E-state index in [1.807, 2.05) is 0 Å². The SMILES string of the molecule is COc1cc(C=CC(=O)NC2CC2)cc(OC)c1OC. The lowest BCUT2D eigenvalue weighted by Crippen LogP contribution is -2.22. The van der Waals surface area contributed by atoms with Gasteiger partial charge in [0, 0.05) is 12.1 Å². The maximum Gasteiger partial charge on any atom is 0.244 e. The van der Waals surface area contributed by atoms with Crippen LogP contribution >= 0.6 is 0 Å². The van der Waals surface area contributed by atoms with Crippen molar-refractivity contribution in [3.8, 4) is 17.2 Å². The number of amides is 1. The third-order valence-electron chi connectivity index (χ3n) is 3.04. The molecule has 1 saturated carbocycles. The second-order valence-electron chi connectivity index (χ2n) is 4.57. The number of nitrogens with one attached hydrogen (secondary N) is 1. The maximum atomic E-state index is 11.6. The van der Waals surface area contributed by atoms with E-state index in [4.69, 9.17) is 14.2 Å². The third-order valence-corrected chi connectivity index (χ3v) is 3.04. The Balaban J connectivity index is 2.18. The Morgan fingerprint density at radius 2 is 1.75 bits per heavy atom. The summed E-state index contributed by atoms with van der Waals surface area (Å²) >= 11 is 0. The summed E-state index contributed by atoms with van der Waals surface area (Å²) in [6.07, 6.45) is 5.38. The van der Waals surface area contributed by atoms with Crippen molar-refractivity contribution in [3.63, 3.8) is 0 Å². The van der Waals surface area contributed by atoms with Crippen LogP contribution in [0.1, 0.15) is 18.4 Å². The van der Waals surface area contributed by atoms with Gasteiger partial charge < -0.3 is 19.5 Å². The molecule has 0 spiro atoms. The van der Waals surface area contributed by atoms with Crippen molar-refractivity contribution in [2.24, 2.45) is 0 Å². The third kappa shape index (κ3) is 3.44. The number of ether oxygens (including phenoxy) is 3. The summed E-state index contributed by atoms with van der Waals surface area (Å²) in [6, 6.07) is 3.94.